The molecule has 0 saturated carbocycles. The van der Waals surface area contributed by atoms with Gasteiger partial charge in [0.15, 0.2) is 0 Å². The van der Waals surface area contributed by atoms with Gasteiger partial charge in [-0.1, -0.05) is 43.9 Å². The Labute approximate surface area is 123 Å². The van der Waals surface area contributed by atoms with E-state index in [4.69, 9.17) is 9.47 Å². The van der Waals surface area contributed by atoms with Crippen LogP contribution in [0.3, 0.4) is 0 Å². The average molecular weight is 303 g/mol. The molecule has 3 fully saturated rings. The van der Waals surface area contributed by atoms with Gasteiger partial charge in [0.05, 0.1) is 12.2 Å². The molecule has 0 aromatic heterocycles. The predicted molar refractivity (Wildman–Crippen MR) is 75.7 cm³/mol. The van der Waals surface area contributed by atoms with Crippen LogP contribution in [0.5, 0.6) is 0 Å². The summed E-state index contributed by atoms with van der Waals surface area (Å²) in [5.74, 6) is -0.770. The molecule has 5 rings (SSSR count). The van der Waals surface area contributed by atoms with Crippen molar-refractivity contribution >= 4 is 20.2 Å². The molecule has 21 heavy (non-hydrogen) atoms. The molecule has 0 N–H and O–H groups in total. The van der Waals surface area contributed by atoms with E-state index in [2.05, 4.69) is 36.4 Å². The number of carbonyl (C=O) groups excluding carboxylic acids is 2. The van der Waals surface area contributed by atoms with Gasteiger partial charge >= 0.3 is 11.9 Å². The monoisotopic (exact) mass is 303 g/mol. The highest BCUT2D eigenvalue weighted by molar-refractivity contribution is 6.73. The fraction of sp³-hybridized carbons (Fsp3) is 0.600. The largest absolute Gasteiger partial charge is 0.392 e. The molecule has 6 heteroatoms. The quantitative estimate of drug-likeness (QED) is 0.311. The Morgan fingerprint density at radius 3 is 1.86 bits per heavy atom. The second-order valence-corrected chi connectivity index (χ2v) is 12.5. The third-order valence-electron chi connectivity index (χ3n) is 5.98. The van der Waals surface area contributed by atoms with E-state index in [0.29, 0.717) is 0 Å². The first-order chi connectivity index (χ1) is 9.86. The minimum absolute atomic E-state index is 0.0759. The van der Waals surface area contributed by atoms with Crippen molar-refractivity contribution in [3.8, 4) is 0 Å². The number of rotatable bonds is 1. The molecule has 5 aliphatic rings. The van der Waals surface area contributed by atoms with Gasteiger partial charge in [-0.05, 0) is 0 Å². The molecular weight excluding hydrogens is 286 g/mol. The van der Waals surface area contributed by atoms with Gasteiger partial charge in [-0.2, -0.15) is 0 Å². The lowest BCUT2D eigenvalue weighted by atomic mass is 9.54. The van der Waals surface area contributed by atoms with E-state index >= 15 is 0 Å². The molecule has 0 aliphatic carbocycles. The summed E-state index contributed by atoms with van der Waals surface area (Å²) in [5.41, 5.74) is -1.72. The van der Waals surface area contributed by atoms with Crippen molar-refractivity contribution in [2.45, 2.75) is 43.9 Å². The first-order valence-electron chi connectivity index (χ1n) is 7.43. The molecule has 4 bridgehead atoms. The van der Waals surface area contributed by atoms with Gasteiger partial charge in [-0.3, -0.25) is 9.59 Å². The van der Waals surface area contributed by atoms with E-state index in [9.17, 15) is 9.59 Å². The minimum atomic E-state index is -1.69. The number of esters is 2. The molecule has 0 amide bonds. The van der Waals surface area contributed by atoms with Crippen molar-refractivity contribution in [1.82, 2.24) is 4.57 Å². The Hall–Kier alpha value is -1.24. The molecule has 110 valence electrons. The van der Waals surface area contributed by atoms with Gasteiger partial charge in [-0.15, -0.1) is 0 Å². The fourth-order valence-electron chi connectivity index (χ4n) is 5.48. The Bertz CT molecular complexity index is 619. The molecule has 5 aliphatic heterocycles. The molecule has 5 heterocycles. The molecule has 5 nitrogen and oxygen atoms in total. The third kappa shape index (κ3) is 0.918. The number of fused-ring (bicyclic) bond motifs is 4. The topological polar surface area (TPSA) is 55.8 Å². The number of nitrogens with zero attached hydrogens (tertiary/aromatic N) is 1. The van der Waals surface area contributed by atoms with Crippen LogP contribution < -0.4 is 0 Å². The van der Waals surface area contributed by atoms with Crippen molar-refractivity contribution in [3.05, 3.63) is 24.3 Å². The zero-order valence-corrected chi connectivity index (χ0v) is 13.2. The summed E-state index contributed by atoms with van der Waals surface area (Å²) in [6, 6.07) is -0.152. The Morgan fingerprint density at radius 1 is 0.952 bits per heavy atom. The predicted octanol–water partition coefficient (Wildman–Crippen LogP) is 0.837. The molecule has 6 atom stereocenters. The van der Waals surface area contributed by atoms with Crippen molar-refractivity contribution in [2.75, 3.05) is 0 Å². The normalized spacial score (nSPS) is 52.7. The molecular formula is C15H17NO4Si. The zero-order chi connectivity index (χ0) is 14.8. The lowest BCUT2D eigenvalue weighted by molar-refractivity contribution is -0.161. The van der Waals surface area contributed by atoms with Crippen LogP contribution in [0.25, 0.3) is 0 Å². The smallest absolute Gasteiger partial charge is 0.326 e. The molecule has 0 aromatic rings. The highest BCUT2D eigenvalue weighted by Crippen LogP contribution is 2.72. The summed E-state index contributed by atoms with van der Waals surface area (Å²) in [6.45, 7) is 6.78. The highest BCUT2D eigenvalue weighted by Gasteiger charge is 2.90. The maximum absolute atomic E-state index is 12.7. The summed E-state index contributed by atoms with van der Waals surface area (Å²) in [6.07, 6.45) is 7.41. The first-order valence-corrected chi connectivity index (χ1v) is 10.9. The van der Waals surface area contributed by atoms with Crippen LogP contribution in [-0.4, -0.2) is 49.0 Å². The van der Waals surface area contributed by atoms with Crippen LogP contribution in [0.2, 0.25) is 19.6 Å². The summed E-state index contributed by atoms with van der Waals surface area (Å²) in [7, 11) is -1.69. The number of hydrogen-bond acceptors (Lipinski definition) is 5. The van der Waals surface area contributed by atoms with Gasteiger partial charge in [0, 0.05) is 12.1 Å². The summed E-state index contributed by atoms with van der Waals surface area (Å²) in [4.78, 5) is 25.4. The van der Waals surface area contributed by atoms with Crippen molar-refractivity contribution in [3.63, 3.8) is 0 Å². The van der Waals surface area contributed by atoms with Crippen LogP contribution in [0.4, 0.5) is 0 Å². The van der Waals surface area contributed by atoms with Gasteiger partial charge < -0.3 is 14.0 Å². The molecule has 0 aromatic carbocycles. The number of carbonyl (C=O) groups is 2. The van der Waals surface area contributed by atoms with E-state index in [0.717, 1.165) is 0 Å². The van der Waals surface area contributed by atoms with E-state index < -0.39 is 19.1 Å². The summed E-state index contributed by atoms with van der Waals surface area (Å²) >= 11 is 0. The maximum atomic E-state index is 12.7. The molecule has 3 saturated heterocycles. The first kappa shape index (κ1) is 12.3. The highest BCUT2D eigenvalue weighted by atomic mass is 28.3. The maximum Gasteiger partial charge on any atom is 0.326 e. The fourth-order valence-corrected chi connectivity index (χ4v) is 7.72. The van der Waals surface area contributed by atoms with E-state index in [1.807, 2.05) is 12.2 Å². The number of cyclic esters (lactones) is 2. The summed E-state index contributed by atoms with van der Waals surface area (Å²) < 4.78 is 13.6. The Morgan fingerprint density at radius 2 is 1.43 bits per heavy atom. The van der Waals surface area contributed by atoms with Crippen molar-refractivity contribution < 1.29 is 19.1 Å². The van der Waals surface area contributed by atoms with Crippen LogP contribution in [-0.2, 0) is 19.1 Å². The van der Waals surface area contributed by atoms with Crippen LogP contribution in [0, 0.1) is 10.8 Å². The van der Waals surface area contributed by atoms with Gasteiger partial charge in [0.2, 0.25) is 0 Å². The van der Waals surface area contributed by atoms with Crippen LogP contribution in [0.15, 0.2) is 24.3 Å². The Balaban J connectivity index is 1.84. The van der Waals surface area contributed by atoms with E-state index in [1.165, 1.54) is 0 Å². The van der Waals surface area contributed by atoms with Crippen molar-refractivity contribution in [2.24, 2.45) is 10.8 Å². The summed E-state index contributed by atoms with van der Waals surface area (Å²) in [5, 5.41) is 0. The lowest BCUT2D eigenvalue weighted by Crippen LogP contribution is -2.56. The van der Waals surface area contributed by atoms with Gasteiger partial charge in [-0.25, -0.2) is 0 Å². The van der Waals surface area contributed by atoms with Gasteiger partial charge in [0.1, 0.15) is 19.1 Å². The second kappa shape index (κ2) is 3.09. The SMILES string of the molecule is C[Si](C)(C)N1[C@H]2C=C[C@@H]1[C@]13C(=O)OC(=O)[C@]21[C@H]1C=C[C@@H]3O1. The standard InChI is InChI=1S/C15H17NO4Si/c1-21(2,3)16-8-4-5-9(16)15-11-7-6-10(19-11)14(8,15)12(17)20-13(15)18/h4-11H,1-3H3/t8-,9+,10+,11-,14+,15-. The van der Waals surface area contributed by atoms with Crippen LogP contribution >= 0.6 is 0 Å². The van der Waals surface area contributed by atoms with Crippen molar-refractivity contribution in [1.29, 1.82) is 0 Å². The third-order valence-corrected chi connectivity index (χ3v) is 8.09. The minimum Gasteiger partial charge on any atom is -0.392 e. The lowest BCUT2D eigenvalue weighted by Gasteiger charge is -2.38. The number of hydrogen-bond donors (Lipinski definition) is 0. The van der Waals surface area contributed by atoms with Crippen LogP contribution in [0.1, 0.15) is 0 Å². The second-order valence-electron chi connectivity index (χ2n) is 7.63. The molecule has 0 radical (unpaired) electrons. The number of ether oxygens (including phenoxy) is 2. The molecule has 0 spiro atoms. The van der Waals surface area contributed by atoms with E-state index in [1.54, 1.807) is 0 Å². The Kier molecular flexibility index (Phi) is 1.81. The zero-order valence-electron chi connectivity index (χ0n) is 12.2. The average Bonchev–Trinajstić information content (AvgIpc) is 3.13. The van der Waals surface area contributed by atoms with E-state index in [-0.39, 0.29) is 36.2 Å². The molecule has 0 unspecified atom stereocenters. The van der Waals surface area contributed by atoms with Gasteiger partial charge in [0.25, 0.3) is 0 Å².